The van der Waals surface area contributed by atoms with Crippen LogP contribution in [0, 0.1) is 0 Å². The number of ether oxygens (including phenoxy) is 2. The van der Waals surface area contributed by atoms with Gasteiger partial charge in [-0.3, -0.25) is 0 Å². The maximum absolute atomic E-state index is 11.4. The number of alkyl carbamates (subject to hydrolysis) is 1. The van der Waals surface area contributed by atoms with Crippen LogP contribution in [-0.2, 0) is 22.6 Å². The fraction of sp³-hybridized carbons (Fsp3) is 0.208. The molecule has 2 heterocycles. The Hall–Kier alpha value is -3.87. The van der Waals surface area contributed by atoms with Crippen LogP contribution in [0.2, 0.25) is 0 Å². The van der Waals surface area contributed by atoms with Gasteiger partial charge < -0.3 is 19.2 Å². The highest BCUT2D eigenvalue weighted by Crippen LogP contribution is 2.17. The molecule has 1 saturated heterocycles. The van der Waals surface area contributed by atoms with Crippen LogP contribution in [-0.4, -0.2) is 23.1 Å². The van der Waals surface area contributed by atoms with Crippen LogP contribution in [0.5, 0.6) is 5.75 Å². The lowest BCUT2D eigenvalue weighted by atomic mass is 10.0. The molecule has 1 amide bonds. The zero-order valence-electron chi connectivity index (χ0n) is 16.8. The number of nitrogens with one attached hydrogen (secondary N) is 1. The first-order valence-corrected chi connectivity index (χ1v) is 10.1. The summed E-state index contributed by atoms with van der Waals surface area (Å²) in [6.07, 6.45) is 6.80. The summed E-state index contributed by atoms with van der Waals surface area (Å²) >= 11 is 0. The number of rotatable bonds is 9. The number of aromatic nitrogens is 1. The summed E-state index contributed by atoms with van der Waals surface area (Å²) in [5, 5.41) is 2.50. The smallest absolute Gasteiger partial charge is 0.415 e. The fourth-order valence-corrected chi connectivity index (χ4v) is 3.20. The molecule has 31 heavy (non-hydrogen) atoms. The van der Waals surface area contributed by atoms with Crippen LogP contribution in [0.1, 0.15) is 35.6 Å². The second-order valence-electron chi connectivity index (χ2n) is 7.15. The number of benzene rings is 2. The molecule has 4 rings (SSSR count). The van der Waals surface area contributed by atoms with E-state index in [9.17, 15) is 9.59 Å². The summed E-state index contributed by atoms with van der Waals surface area (Å²) in [5.41, 5.74) is 2.91. The molecule has 7 nitrogen and oxygen atoms in total. The first-order valence-electron chi connectivity index (χ1n) is 10.1. The van der Waals surface area contributed by atoms with Crippen LogP contribution in [0.15, 0.2) is 65.3 Å². The highest BCUT2D eigenvalue weighted by atomic mass is 16.6. The maximum Gasteiger partial charge on any atom is 0.415 e. The number of carbonyl (C=O) groups is 2. The molecule has 1 aliphatic heterocycles. The van der Waals surface area contributed by atoms with E-state index in [0.717, 1.165) is 29.7 Å². The van der Waals surface area contributed by atoms with E-state index >= 15 is 0 Å². The second kappa shape index (κ2) is 9.75. The molecule has 158 valence electrons. The number of amides is 1. The Morgan fingerprint density at radius 2 is 1.84 bits per heavy atom. The number of aryl methyl sites for hydroxylation is 1. The molecule has 1 aliphatic rings. The number of cyclic esters (lactones) is 2. The Morgan fingerprint density at radius 1 is 1.03 bits per heavy atom. The minimum atomic E-state index is -0.664. The van der Waals surface area contributed by atoms with Crippen molar-refractivity contribution in [2.75, 3.05) is 0 Å². The quantitative estimate of drug-likeness (QED) is 0.410. The summed E-state index contributed by atoms with van der Waals surface area (Å²) in [6.45, 7) is 0.311. The molecule has 1 N–H and O–H groups in total. The van der Waals surface area contributed by atoms with Crippen molar-refractivity contribution in [3.8, 4) is 5.75 Å². The van der Waals surface area contributed by atoms with Crippen molar-refractivity contribution < 1.29 is 23.5 Å². The van der Waals surface area contributed by atoms with Gasteiger partial charge in [0, 0.05) is 6.08 Å². The van der Waals surface area contributed by atoms with Gasteiger partial charge in [0.1, 0.15) is 30.4 Å². The van der Waals surface area contributed by atoms with Gasteiger partial charge in [-0.1, -0.05) is 42.5 Å². The summed E-state index contributed by atoms with van der Waals surface area (Å²) in [7, 11) is 0. The van der Waals surface area contributed by atoms with E-state index in [1.807, 2.05) is 66.7 Å². The number of oxazole rings is 1. The largest absolute Gasteiger partial charge is 0.487 e. The summed E-state index contributed by atoms with van der Waals surface area (Å²) in [4.78, 5) is 26.8. The monoisotopic (exact) mass is 418 g/mol. The molecule has 0 bridgehead atoms. The van der Waals surface area contributed by atoms with E-state index in [1.54, 1.807) is 6.26 Å². The van der Waals surface area contributed by atoms with Crippen molar-refractivity contribution in [3.63, 3.8) is 0 Å². The second-order valence-corrected chi connectivity index (χ2v) is 7.15. The molecule has 0 radical (unpaired) electrons. The highest BCUT2D eigenvalue weighted by Gasteiger charge is 2.31. The van der Waals surface area contributed by atoms with Crippen LogP contribution in [0.4, 0.5) is 4.79 Å². The molecule has 1 unspecified atom stereocenters. The first-order chi connectivity index (χ1) is 15.2. The molecule has 0 spiro atoms. The van der Waals surface area contributed by atoms with Gasteiger partial charge in [-0.15, -0.1) is 0 Å². The van der Waals surface area contributed by atoms with E-state index in [0.29, 0.717) is 24.6 Å². The maximum atomic E-state index is 11.4. The highest BCUT2D eigenvalue weighted by molar-refractivity contribution is 5.95. The van der Waals surface area contributed by atoms with Crippen LogP contribution < -0.4 is 10.1 Å². The standard InChI is InChI=1S/C24H22N2O5/c27-23-21(26-24(28)31-23)8-4-7-18-9-12-20(13-10-18)29-15-19-16-30-22(25-19)14-11-17-5-2-1-3-6-17/h1-3,5-6,9-14,16,21H,4,7-8,15H2,(H,26,28). The molecule has 0 saturated carbocycles. The Morgan fingerprint density at radius 3 is 2.58 bits per heavy atom. The van der Waals surface area contributed by atoms with Gasteiger partial charge in [-0.05, 0) is 48.6 Å². The normalized spacial score (nSPS) is 15.8. The lowest BCUT2D eigenvalue weighted by molar-refractivity contribution is -0.135. The minimum Gasteiger partial charge on any atom is -0.487 e. The van der Waals surface area contributed by atoms with Gasteiger partial charge >= 0.3 is 12.1 Å². The van der Waals surface area contributed by atoms with Gasteiger partial charge in [0.2, 0.25) is 5.89 Å². The van der Waals surface area contributed by atoms with E-state index in [1.165, 1.54) is 0 Å². The van der Waals surface area contributed by atoms with Crippen LogP contribution in [0.3, 0.4) is 0 Å². The molecular weight excluding hydrogens is 396 g/mol. The van der Waals surface area contributed by atoms with Gasteiger partial charge in [-0.25, -0.2) is 14.6 Å². The SMILES string of the molecule is O=C1NC(CCCc2ccc(OCc3coc(C=Cc4ccccc4)n3)cc2)C(=O)O1. The minimum absolute atomic E-state index is 0.311. The van der Waals surface area contributed by atoms with E-state index in [2.05, 4.69) is 15.0 Å². The number of esters is 1. The molecule has 1 fully saturated rings. The van der Waals surface area contributed by atoms with E-state index in [-0.39, 0.29) is 0 Å². The number of hydrogen-bond acceptors (Lipinski definition) is 6. The molecule has 3 aromatic rings. The molecule has 0 aliphatic carbocycles. The molecule has 1 aromatic heterocycles. The average Bonchev–Trinajstić information content (AvgIpc) is 3.38. The van der Waals surface area contributed by atoms with Gasteiger partial charge in [-0.2, -0.15) is 0 Å². The summed E-state index contributed by atoms with van der Waals surface area (Å²) in [5.74, 6) is 0.764. The predicted octanol–water partition coefficient (Wildman–Crippen LogP) is 4.38. The van der Waals surface area contributed by atoms with Crippen LogP contribution in [0.25, 0.3) is 12.2 Å². The summed E-state index contributed by atoms with van der Waals surface area (Å²) in [6, 6.07) is 17.2. The summed E-state index contributed by atoms with van der Waals surface area (Å²) < 4.78 is 15.7. The van der Waals surface area contributed by atoms with Crippen molar-refractivity contribution in [2.24, 2.45) is 0 Å². The number of carbonyl (C=O) groups excluding carboxylic acids is 2. The number of nitrogens with zero attached hydrogens (tertiary/aromatic N) is 1. The van der Waals surface area contributed by atoms with Gasteiger partial charge in [0.15, 0.2) is 0 Å². The Bertz CT molecular complexity index is 1060. The predicted molar refractivity (Wildman–Crippen MR) is 114 cm³/mol. The zero-order chi connectivity index (χ0) is 21.5. The van der Waals surface area contributed by atoms with Crippen LogP contribution >= 0.6 is 0 Å². The third-order valence-corrected chi connectivity index (χ3v) is 4.83. The molecule has 2 aromatic carbocycles. The zero-order valence-corrected chi connectivity index (χ0v) is 16.8. The van der Waals surface area contributed by atoms with Crippen molar-refractivity contribution in [1.29, 1.82) is 0 Å². The molecule has 1 atom stereocenters. The van der Waals surface area contributed by atoms with E-state index in [4.69, 9.17) is 9.15 Å². The van der Waals surface area contributed by atoms with Gasteiger partial charge in [0.25, 0.3) is 0 Å². The van der Waals surface area contributed by atoms with E-state index < -0.39 is 18.1 Å². The van der Waals surface area contributed by atoms with Gasteiger partial charge in [0.05, 0.1) is 0 Å². The van der Waals surface area contributed by atoms with Crippen molar-refractivity contribution in [3.05, 3.63) is 83.6 Å². The fourth-order valence-electron chi connectivity index (χ4n) is 3.20. The third kappa shape index (κ3) is 5.82. The Balaban J connectivity index is 1.21. The van der Waals surface area contributed by atoms with Crippen molar-refractivity contribution >= 4 is 24.2 Å². The lowest BCUT2D eigenvalue weighted by Crippen LogP contribution is -2.28. The van der Waals surface area contributed by atoms with Crippen molar-refractivity contribution in [2.45, 2.75) is 31.9 Å². The van der Waals surface area contributed by atoms with Crippen molar-refractivity contribution in [1.82, 2.24) is 10.3 Å². The molecule has 7 heteroatoms. The topological polar surface area (TPSA) is 90.7 Å². The molecular formula is C24H22N2O5. The average molecular weight is 418 g/mol. The Labute approximate surface area is 179 Å². The lowest BCUT2D eigenvalue weighted by Gasteiger charge is -2.07. The third-order valence-electron chi connectivity index (χ3n) is 4.83. The number of hydrogen-bond donors (Lipinski definition) is 1. The first kappa shape index (κ1) is 20.4. The Kier molecular flexibility index (Phi) is 6.42.